The van der Waals surface area contributed by atoms with E-state index < -0.39 is 0 Å². The van der Waals surface area contributed by atoms with Crippen molar-refractivity contribution in [1.29, 1.82) is 0 Å². The molecule has 0 spiro atoms. The van der Waals surface area contributed by atoms with Gasteiger partial charge in [-0.25, -0.2) is 0 Å². The summed E-state index contributed by atoms with van der Waals surface area (Å²) in [5.74, 6) is 0.927. The number of halogens is 1. The maximum absolute atomic E-state index is 4.31. The number of unbranched alkanes of at least 4 members (excludes halogenated alkanes) is 2. The van der Waals surface area contributed by atoms with Gasteiger partial charge in [0, 0.05) is 44.1 Å². The van der Waals surface area contributed by atoms with E-state index in [1.807, 2.05) is 18.4 Å². The van der Waals surface area contributed by atoms with Gasteiger partial charge >= 0.3 is 0 Å². The number of thiophene rings is 1. The molecule has 0 saturated heterocycles. The van der Waals surface area contributed by atoms with Gasteiger partial charge in [0.05, 0.1) is 0 Å². The Morgan fingerprint density at radius 3 is 2.96 bits per heavy atom. The lowest BCUT2D eigenvalue weighted by Gasteiger charge is -2.32. The third-order valence-corrected chi connectivity index (χ3v) is 5.34. The molecule has 1 aromatic heterocycles. The standard InChI is InChI=1S/C17H30N4S.HI/c1-4-5-6-9-19-17(18-3)20-12-14(2)21-10-7-16-15(13-21)8-11-22-16;/h8,11,14H,4-7,9-10,12-13H2,1-3H3,(H2,18,19,20);1H. The summed E-state index contributed by atoms with van der Waals surface area (Å²) < 4.78 is 0. The first-order valence-electron chi connectivity index (χ1n) is 8.48. The van der Waals surface area contributed by atoms with Crippen molar-refractivity contribution in [3.8, 4) is 0 Å². The average Bonchev–Trinajstić information content (AvgIpc) is 3.01. The fourth-order valence-electron chi connectivity index (χ4n) is 2.82. The van der Waals surface area contributed by atoms with E-state index in [0.717, 1.165) is 25.6 Å². The predicted octanol–water partition coefficient (Wildman–Crippen LogP) is 3.47. The molecule has 4 nitrogen and oxygen atoms in total. The van der Waals surface area contributed by atoms with Crippen LogP contribution in [0.5, 0.6) is 0 Å². The van der Waals surface area contributed by atoms with Crippen molar-refractivity contribution in [3.05, 3.63) is 21.9 Å². The third-order valence-electron chi connectivity index (χ3n) is 4.32. The fraction of sp³-hybridized carbons (Fsp3) is 0.706. The second kappa shape index (κ2) is 11.3. The van der Waals surface area contributed by atoms with Gasteiger partial charge in [-0.15, -0.1) is 35.3 Å². The number of hydrogen-bond acceptors (Lipinski definition) is 3. The molecule has 0 bridgehead atoms. The Bertz CT molecular complexity index is 475. The molecule has 2 N–H and O–H groups in total. The molecule has 23 heavy (non-hydrogen) atoms. The lowest BCUT2D eigenvalue weighted by molar-refractivity contribution is 0.192. The normalized spacial score (nSPS) is 16.4. The number of nitrogens with one attached hydrogen (secondary N) is 2. The molecule has 0 fully saturated rings. The first-order chi connectivity index (χ1) is 10.7. The molecule has 0 amide bonds. The van der Waals surface area contributed by atoms with E-state index in [-0.39, 0.29) is 24.0 Å². The molecule has 0 saturated carbocycles. The first kappa shape index (κ1) is 20.7. The molecular weight excluding hydrogens is 419 g/mol. The van der Waals surface area contributed by atoms with E-state index in [1.54, 1.807) is 4.88 Å². The van der Waals surface area contributed by atoms with E-state index in [1.165, 1.54) is 37.8 Å². The molecule has 1 aliphatic rings. The molecule has 1 aromatic rings. The van der Waals surface area contributed by atoms with Gasteiger partial charge in [-0.3, -0.25) is 9.89 Å². The number of guanidine groups is 1. The zero-order valence-electron chi connectivity index (χ0n) is 14.6. The lowest BCUT2D eigenvalue weighted by atomic mass is 10.1. The Morgan fingerprint density at radius 2 is 2.22 bits per heavy atom. The van der Waals surface area contributed by atoms with Crippen LogP contribution in [0.15, 0.2) is 16.4 Å². The monoisotopic (exact) mass is 450 g/mol. The van der Waals surface area contributed by atoms with Crippen molar-refractivity contribution in [2.24, 2.45) is 4.99 Å². The van der Waals surface area contributed by atoms with Gasteiger partial charge in [0.25, 0.3) is 0 Å². The first-order valence-corrected chi connectivity index (χ1v) is 9.36. The Hall–Kier alpha value is -0.340. The lowest BCUT2D eigenvalue weighted by Crippen LogP contribution is -2.47. The summed E-state index contributed by atoms with van der Waals surface area (Å²) in [5, 5.41) is 9.08. The minimum atomic E-state index is 0. The molecule has 132 valence electrons. The van der Waals surface area contributed by atoms with Crippen LogP contribution in [0.25, 0.3) is 0 Å². The van der Waals surface area contributed by atoms with Crippen LogP contribution in [0.3, 0.4) is 0 Å². The van der Waals surface area contributed by atoms with Crippen LogP contribution >= 0.6 is 35.3 Å². The maximum atomic E-state index is 4.31. The summed E-state index contributed by atoms with van der Waals surface area (Å²) in [6.07, 6.45) is 4.93. The zero-order chi connectivity index (χ0) is 15.8. The molecule has 0 radical (unpaired) electrons. The van der Waals surface area contributed by atoms with Crippen LogP contribution in [0.2, 0.25) is 0 Å². The Balaban J connectivity index is 0.00000264. The fourth-order valence-corrected chi connectivity index (χ4v) is 3.71. The smallest absolute Gasteiger partial charge is 0.191 e. The van der Waals surface area contributed by atoms with Crippen molar-refractivity contribution in [2.45, 2.75) is 52.1 Å². The van der Waals surface area contributed by atoms with E-state index in [4.69, 9.17) is 0 Å². The highest BCUT2D eigenvalue weighted by atomic mass is 127. The topological polar surface area (TPSA) is 39.7 Å². The van der Waals surface area contributed by atoms with E-state index in [9.17, 15) is 0 Å². The van der Waals surface area contributed by atoms with Crippen LogP contribution in [0.1, 0.15) is 43.6 Å². The summed E-state index contributed by atoms with van der Waals surface area (Å²) >= 11 is 1.90. The maximum Gasteiger partial charge on any atom is 0.191 e. The zero-order valence-corrected chi connectivity index (χ0v) is 17.7. The molecule has 6 heteroatoms. The number of aliphatic imine (C=N–C) groups is 1. The van der Waals surface area contributed by atoms with Gasteiger partial charge in [-0.2, -0.15) is 0 Å². The minimum Gasteiger partial charge on any atom is -0.356 e. The second-order valence-corrected chi connectivity index (χ2v) is 7.03. The summed E-state index contributed by atoms with van der Waals surface area (Å²) in [4.78, 5) is 8.44. The van der Waals surface area contributed by atoms with Crippen LogP contribution in [0, 0.1) is 0 Å². The summed E-state index contributed by atoms with van der Waals surface area (Å²) in [6.45, 7) is 8.72. The number of nitrogens with zero attached hydrogens (tertiary/aromatic N) is 2. The van der Waals surface area contributed by atoms with Crippen LogP contribution in [-0.4, -0.2) is 43.6 Å². The highest BCUT2D eigenvalue weighted by molar-refractivity contribution is 14.0. The van der Waals surface area contributed by atoms with E-state index >= 15 is 0 Å². The number of rotatable bonds is 7. The van der Waals surface area contributed by atoms with Crippen molar-refractivity contribution in [1.82, 2.24) is 15.5 Å². The molecular formula is C17H31IN4S. The van der Waals surface area contributed by atoms with Gasteiger partial charge in [0.1, 0.15) is 0 Å². The predicted molar refractivity (Wildman–Crippen MR) is 112 cm³/mol. The van der Waals surface area contributed by atoms with Crippen LogP contribution in [-0.2, 0) is 13.0 Å². The summed E-state index contributed by atoms with van der Waals surface area (Å²) in [6, 6.07) is 2.79. The molecule has 2 heterocycles. The third kappa shape index (κ3) is 6.58. The molecule has 1 atom stereocenters. The van der Waals surface area contributed by atoms with Gasteiger partial charge in [0.15, 0.2) is 5.96 Å². The van der Waals surface area contributed by atoms with Gasteiger partial charge in [-0.1, -0.05) is 19.8 Å². The van der Waals surface area contributed by atoms with E-state index in [0.29, 0.717) is 6.04 Å². The van der Waals surface area contributed by atoms with Gasteiger partial charge < -0.3 is 10.6 Å². The Morgan fingerprint density at radius 1 is 1.39 bits per heavy atom. The highest BCUT2D eigenvalue weighted by Crippen LogP contribution is 2.24. The average molecular weight is 450 g/mol. The molecule has 2 rings (SSSR count). The van der Waals surface area contributed by atoms with Crippen molar-refractivity contribution in [2.75, 3.05) is 26.7 Å². The van der Waals surface area contributed by atoms with Crippen LogP contribution < -0.4 is 10.6 Å². The van der Waals surface area contributed by atoms with Gasteiger partial charge in [-0.05, 0) is 36.8 Å². The molecule has 1 unspecified atom stereocenters. The van der Waals surface area contributed by atoms with Crippen molar-refractivity contribution in [3.63, 3.8) is 0 Å². The Labute approximate surface area is 162 Å². The molecule has 0 aliphatic carbocycles. The Kier molecular flexibility index (Phi) is 10.1. The molecule has 1 aliphatic heterocycles. The molecule has 0 aromatic carbocycles. The quantitative estimate of drug-likeness (QED) is 0.289. The van der Waals surface area contributed by atoms with Gasteiger partial charge in [0.2, 0.25) is 0 Å². The SMILES string of the molecule is CCCCCNC(=NC)NCC(C)N1CCc2sccc2C1.I. The van der Waals surface area contributed by atoms with Crippen molar-refractivity contribution >= 4 is 41.3 Å². The summed E-state index contributed by atoms with van der Waals surface area (Å²) in [5.41, 5.74) is 1.52. The highest BCUT2D eigenvalue weighted by Gasteiger charge is 2.21. The van der Waals surface area contributed by atoms with Crippen molar-refractivity contribution < 1.29 is 0 Å². The largest absolute Gasteiger partial charge is 0.356 e. The number of hydrogen-bond donors (Lipinski definition) is 2. The van der Waals surface area contributed by atoms with Crippen LogP contribution in [0.4, 0.5) is 0 Å². The van der Waals surface area contributed by atoms with E-state index in [2.05, 4.69) is 45.8 Å². The number of fused-ring (bicyclic) bond motifs is 1. The summed E-state index contributed by atoms with van der Waals surface area (Å²) in [7, 11) is 1.85. The minimum absolute atomic E-state index is 0. The second-order valence-electron chi connectivity index (χ2n) is 6.03.